The molecule has 3 rings (SSSR count). The summed E-state index contributed by atoms with van der Waals surface area (Å²) in [5.41, 5.74) is 2.93. The summed E-state index contributed by atoms with van der Waals surface area (Å²) in [6.07, 6.45) is 0.704. The molecule has 4 nitrogen and oxygen atoms in total. The number of amides is 1. The van der Waals surface area contributed by atoms with Crippen LogP contribution in [0.2, 0.25) is 0 Å². The third-order valence-corrected chi connectivity index (χ3v) is 4.16. The molecule has 0 bridgehead atoms. The molecule has 5 heteroatoms. The van der Waals surface area contributed by atoms with Gasteiger partial charge in [-0.05, 0) is 39.7 Å². The van der Waals surface area contributed by atoms with Crippen LogP contribution in [-0.4, -0.2) is 19.1 Å². The Labute approximate surface area is 131 Å². The Morgan fingerprint density at radius 2 is 2.14 bits per heavy atom. The van der Waals surface area contributed by atoms with E-state index in [2.05, 4.69) is 26.6 Å². The molecule has 2 aromatic rings. The molecule has 0 radical (unpaired) electrons. The highest BCUT2D eigenvalue weighted by Gasteiger charge is 2.26. The molecule has 1 atom stereocenters. The minimum atomic E-state index is -0.239. The third-order valence-electron chi connectivity index (χ3n) is 3.51. The molecule has 1 amide bonds. The normalized spacial score (nSPS) is 16.0. The monoisotopic (exact) mass is 346 g/mol. The minimum Gasteiger partial charge on any atom is -0.495 e. The first kappa shape index (κ1) is 13.9. The summed E-state index contributed by atoms with van der Waals surface area (Å²) in [6.45, 7) is 0. The van der Waals surface area contributed by atoms with Gasteiger partial charge in [-0.25, -0.2) is 0 Å². The number of nitrogens with one attached hydrogen (secondary N) is 2. The fraction of sp³-hybridized carbons (Fsp3) is 0.188. The van der Waals surface area contributed by atoms with Gasteiger partial charge in [0.1, 0.15) is 11.8 Å². The van der Waals surface area contributed by atoms with E-state index in [4.69, 9.17) is 4.74 Å². The lowest BCUT2D eigenvalue weighted by Crippen LogP contribution is -2.32. The molecule has 0 fully saturated rings. The largest absolute Gasteiger partial charge is 0.495 e. The first-order valence-corrected chi connectivity index (χ1v) is 7.45. The van der Waals surface area contributed by atoms with Crippen molar-refractivity contribution in [2.24, 2.45) is 0 Å². The van der Waals surface area contributed by atoms with Gasteiger partial charge in [-0.15, -0.1) is 0 Å². The second-order valence-corrected chi connectivity index (χ2v) is 5.75. The molecular formula is C16H15BrN2O2. The molecule has 1 heterocycles. The quantitative estimate of drug-likeness (QED) is 0.894. The van der Waals surface area contributed by atoms with E-state index in [1.54, 1.807) is 13.2 Å². The smallest absolute Gasteiger partial charge is 0.247 e. The van der Waals surface area contributed by atoms with Gasteiger partial charge < -0.3 is 15.4 Å². The standard InChI is InChI=1S/C16H15BrN2O2/c1-21-15-9-11(6-7-12(15)17)18-16(20)14-8-10-4-2-3-5-13(10)19-14/h2-7,9,14,19H,8H2,1H3,(H,18,20)/t14-/m0/s1. The van der Waals surface area contributed by atoms with Gasteiger partial charge >= 0.3 is 0 Å². The lowest BCUT2D eigenvalue weighted by atomic mass is 10.1. The number of hydrogen-bond acceptors (Lipinski definition) is 3. The van der Waals surface area contributed by atoms with Gasteiger partial charge in [0.25, 0.3) is 0 Å². The van der Waals surface area contributed by atoms with Crippen LogP contribution in [0.25, 0.3) is 0 Å². The number of para-hydroxylation sites is 1. The van der Waals surface area contributed by atoms with E-state index in [1.165, 1.54) is 5.56 Å². The Morgan fingerprint density at radius 1 is 1.33 bits per heavy atom. The summed E-state index contributed by atoms with van der Waals surface area (Å²) in [5.74, 6) is 0.644. The Bertz CT molecular complexity index is 663. The lowest BCUT2D eigenvalue weighted by molar-refractivity contribution is -0.116. The number of ether oxygens (including phenoxy) is 1. The van der Waals surface area contributed by atoms with Crippen LogP contribution < -0.4 is 15.4 Å². The average Bonchev–Trinajstić information content (AvgIpc) is 2.93. The third kappa shape index (κ3) is 2.88. The van der Waals surface area contributed by atoms with E-state index >= 15 is 0 Å². The highest BCUT2D eigenvalue weighted by Crippen LogP contribution is 2.29. The van der Waals surface area contributed by atoms with Crippen LogP contribution in [0.4, 0.5) is 11.4 Å². The van der Waals surface area contributed by atoms with E-state index in [9.17, 15) is 4.79 Å². The molecule has 0 saturated heterocycles. The van der Waals surface area contributed by atoms with E-state index < -0.39 is 0 Å². The molecule has 2 N–H and O–H groups in total. The van der Waals surface area contributed by atoms with E-state index in [1.807, 2.05) is 36.4 Å². The highest BCUT2D eigenvalue weighted by molar-refractivity contribution is 9.10. The van der Waals surface area contributed by atoms with Crippen LogP contribution >= 0.6 is 15.9 Å². The van der Waals surface area contributed by atoms with Crippen molar-refractivity contribution < 1.29 is 9.53 Å². The second-order valence-electron chi connectivity index (χ2n) is 4.90. The summed E-state index contributed by atoms with van der Waals surface area (Å²) in [6, 6.07) is 13.2. The van der Waals surface area contributed by atoms with Crippen molar-refractivity contribution in [2.75, 3.05) is 17.7 Å². The Hall–Kier alpha value is -2.01. The topological polar surface area (TPSA) is 50.4 Å². The van der Waals surface area contributed by atoms with Crippen LogP contribution in [0.3, 0.4) is 0 Å². The van der Waals surface area contributed by atoms with Crippen molar-refractivity contribution in [3.8, 4) is 5.75 Å². The van der Waals surface area contributed by atoms with Crippen molar-refractivity contribution >= 4 is 33.2 Å². The molecule has 21 heavy (non-hydrogen) atoms. The van der Waals surface area contributed by atoms with Gasteiger partial charge in [-0.1, -0.05) is 18.2 Å². The molecule has 2 aromatic carbocycles. The van der Waals surface area contributed by atoms with Crippen LogP contribution in [0.5, 0.6) is 5.75 Å². The van der Waals surface area contributed by atoms with Gasteiger partial charge in [-0.2, -0.15) is 0 Å². The zero-order chi connectivity index (χ0) is 14.8. The Morgan fingerprint density at radius 3 is 2.90 bits per heavy atom. The molecule has 0 spiro atoms. The zero-order valence-electron chi connectivity index (χ0n) is 11.5. The maximum atomic E-state index is 12.3. The molecule has 108 valence electrons. The average molecular weight is 347 g/mol. The van der Waals surface area contributed by atoms with Crippen molar-refractivity contribution in [2.45, 2.75) is 12.5 Å². The van der Waals surface area contributed by atoms with Gasteiger partial charge in [0, 0.05) is 23.9 Å². The van der Waals surface area contributed by atoms with Crippen LogP contribution in [0.1, 0.15) is 5.56 Å². The number of methoxy groups -OCH3 is 1. The van der Waals surface area contributed by atoms with Crippen LogP contribution in [0, 0.1) is 0 Å². The van der Waals surface area contributed by atoms with Crippen molar-refractivity contribution in [3.63, 3.8) is 0 Å². The number of hydrogen-bond donors (Lipinski definition) is 2. The Balaban J connectivity index is 1.71. The molecular weight excluding hydrogens is 332 g/mol. The zero-order valence-corrected chi connectivity index (χ0v) is 13.1. The predicted octanol–water partition coefficient (Wildman–Crippen LogP) is 3.43. The molecule has 0 aliphatic carbocycles. The van der Waals surface area contributed by atoms with Gasteiger partial charge in [0.2, 0.25) is 5.91 Å². The fourth-order valence-electron chi connectivity index (χ4n) is 2.42. The van der Waals surface area contributed by atoms with Crippen LogP contribution in [0.15, 0.2) is 46.9 Å². The maximum Gasteiger partial charge on any atom is 0.247 e. The first-order chi connectivity index (χ1) is 10.2. The number of carbonyl (C=O) groups is 1. The van der Waals surface area contributed by atoms with Crippen molar-refractivity contribution in [1.29, 1.82) is 0 Å². The fourth-order valence-corrected chi connectivity index (χ4v) is 2.83. The van der Waals surface area contributed by atoms with E-state index in [0.29, 0.717) is 12.2 Å². The number of benzene rings is 2. The van der Waals surface area contributed by atoms with E-state index in [-0.39, 0.29) is 11.9 Å². The van der Waals surface area contributed by atoms with Gasteiger partial charge in [0.05, 0.1) is 11.6 Å². The first-order valence-electron chi connectivity index (χ1n) is 6.66. The summed E-state index contributed by atoms with van der Waals surface area (Å²) in [4.78, 5) is 12.3. The predicted molar refractivity (Wildman–Crippen MR) is 86.9 cm³/mol. The maximum absolute atomic E-state index is 12.3. The SMILES string of the molecule is COc1cc(NC(=O)[C@@H]2Cc3ccccc3N2)ccc1Br. The summed E-state index contributed by atoms with van der Waals surface area (Å²) < 4.78 is 6.09. The number of anilines is 2. The summed E-state index contributed by atoms with van der Waals surface area (Å²) >= 11 is 3.39. The molecule has 0 saturated carbocycles. The molecule has 0 aromatic heterocycles. The molecule has 1 aliphatic rings. The number of halogens is 1. The second kappa shape index (κ2) is 5.77. The Kier molecular flexibility index (Phi) is 3.84. The van der Waals surface area contributed by atoms with Crippen molar-refractivity contribution in [1.82, 2.24) is 0 Å². The summed E-state index contributed by atoms with van der Waals surface area (Å²) in [5, 5.41) is 6.16. The molecule has 1 aliphatic heterocycles. The summed E-state index contributed by atoms with van der Waals surface area (Å²) in [7, 11) is 1.60. The lowest BCUT2D eigenvalue weighted by Gasteiger charge is -2.13. The number of carbonyl (C=O) groups excluding carboxylic acids is 1. The van der Waals surface area contributed by atoms with Gasteiger partial charge in [0.15, 0.2) is 0 Å². The van der Waals surface area contributed by atoms with Crippen LogP contribution in [-0.2, 0) is 11.2 Å². The van der Waals surface area contributed by atoms with E-state index in [0.717, 1.165) is 15.8 Å². The van der Waals surface area contributed by atoms with Gasteiger partial charge in [-0.3, -0.25) is 4.79 Å². The van der Waals surface area contributed by atoms with Crippen molar-refractivity contribution in [3.05, 3.63) is 52.5 Å². The minimum absolute atomic E-state index is 0.0458. The molecule has 0 unspecified atom stereocenters. The highest BCUT2D eigenvalue weighted by atomic mass is 79.9. The number of fused-ring (bicyclic) bond motifs is 1. The number of rotatable bonds is 3.